The average Bonchev–Trinajstić information content (AvgIpc) is 2.85. The molecule has 6 nitrogen and oxygen atoms in total. The molecule has 1 aromatic carbocycles. The predicted octanol–water partition coefficient (Wildman–Crippen LogP) is 2.26. The highest BCUT2D eigenvalue weighted by Gasteiger charge is 2.24. The summed E-state index contributed by atoms with van der Waals surface area (Å²) in [6, 6.07) is 3.03. The molecule has 0 spiro atoms. The molecule has 0 saturated heterocycles. The van der Waals surface area contributed by atoms with Crippen LogP contribution in [0.2, 0.25) is 0 Å². The van der Waals surface area contributed by atoms with Crippen LogP contribution >= 0.6 is 0 Å². The second-order valence-electron chi connectivity index (χ2n) is 4.66. The third kappa shape index (κ3) is 3.45. The van der Waals surface area contributed by atoms with E-state index in [1.165, 1.54) is 19.1 Å². The van der Waals surface area contributed by atoms with Crippen LogP contribution in [0.4, 0.5) is 4.39 Å². The maximum Gasteiger partial charge on any atom is 0.241 e. The van der Waals surface area contributed by atoms with Crippen molar-refractivity contribution in [2.75, 3.05) is 0 Å². The van der Waals surface area contributed by atoms with Gasteiger partial charge in [-0.25, -0.2) is 17.5 Å². The van der Waals surface area contributed by atoms with E-state index < -0.39 is 21.9 Å². The zero-order chi connectivity index (χ0) is 15.6. The highest BCUT2D eigenvalue weighted by Crippen LogP contribution is 2.19. The predicted molar refractivity (Wildman–Crippen MR) is 73.5 cm³/mol. The molecule has 1 heterocycles. The van der Waals surface area contributed by atoms with Gasteiger partial charge in [-0.15, -0.1) is 0 Å². The molecule has 0 bridgehead atoms. The quantitative estimate of drug-likeness (QED) is 0.915. The van der Waals surface area contributed by atoms with E-state index in [9.17, 15) is 12.8 Å². The van der Waals surface area contributed by atoms with E-state index in [1.54, 1.807) is 13.8 Å². The van der Waals surface area contributed by atoms with Crippen LogP contribution in [0.15, 0.2) is 27.6 Å². The first-order chi connectivity index (χ1) is 9.83. The summed E-state index contributed by atoms with van der Waals surface area (Å²) in [5.74, 6) is 0.187. The van der Waals surface area contributed by atoms with Crippen molar-refractivity contribution in [3.63, 3.8) is 0 Å². The van der Waals surface area contributed by atoms with Crippen LogP contribution < -0.4 is 4.72 Å². The molecule has 2 rings (SSSR count). The Balaban J connectivity index is 2.28. The van der Waals surface area contributed by atoms with Crippen molar-refractivity contribution in [3.05, 3.63) is 41.3 Å². The summed E-state index contributed by atoms with van der Waals surface area (Å²) < 4.78 is 45.2. The van der Waals surface area contributed by atoms with Crippen LogP contribution in [0.1, 0.15) is 36.7 Å². The molecule has 0 aliphatic carbocycles. The highest BCUT2D eigenvalue weighted by molar-refractivity contribution is 7.89. The SMILES string of the molecule is CC[C@H](NS(=O)(=O)c1ccc(F)c(C)c1)c1noc(C)n1. The van der Waals surface area contributed by atoms with Gasteiger partial charge in [0.15, 0.2) is 5.82 Å². The minimum Gasteiger partial charge on any atom is -0.340 e. The number of rotatable bonds is 5. The number of nitrogens with one attached hydrogen (secondary N) is 1. The van der Waals surface area contributed by atoms with Gasteiger partial charge in [-0.1, -0.05) is 12.1 Å². The highest BCUT2D eigenvalue weighted by atomic mass is 32.2. The molecule has 0 amide bonds. The van der Waals surface area contributed by atoms with Crippen molar-refractivity contribution in [3.8, 4) is 0 Å². The minimum atomic E-state index is -3.79. The van der Waals surface area contributed by atoms with Crippen LogP contribution in [-0.4, -0.2) is 18.6 Å². The van der Waals surface area contributed by atoms with E-state index in [1.807, 2.05) is 0 Å². The summed E-state index contributed by atoms with van der Waals surface area (Å²) in [7, 11) is -3.79. The first-order valence-electron chi connectivity index (χ1n) is 6.42. The lowest BCUT2D eigenvalue weighted by atomic mass is 10.2. The molecule has 21 heavy (non-hydrogen) atoms. The number of nitrogens with zero attached hydrogens (tertiary/aromatic N) is 2. The van der Waals surface area contributed by atoms with Crippen LogP contribution in [0.25, 0.3) is 0 Å². The van der Waals surface area contributed by atoms with Gasteiger partial charge in [0.2, 0.25) is 15.9 Å². The van der Waals surface area contributed by atoms with E-state index in [0.717, 1.165) is 6.07 Å². The van der Waals surface area contributed by atoms with Gasteiger partial charge in [0.05, 0.1) is 10.9 Å². The van der Waals surface area contributed by atoms with E-state index in [-0.39, 0.29) is 16.3 Å². The third-order valence-corrected chi connectivity index (χ3v) is 4.47. The van der Waals surface area contributed by atoms with Crippen molar-refractivity contribution >= 4 is 10.0 Å². The summed E-state index contributed by atoms with van der Waals surface area (Å²) >= 11 is 0. The maximum atomic E-state index is 13.2. The standard InChI is InChI=1S/C13H16FN3O3S/c1-4-12(13-15-9(3)20-16-13)17-21(18,19)10-5-6-11(14)8(2)7-10/h5-7,12,17H,4H2,1-3H3/t12-/m0/s1. The Morgan fingerprint density at radius 2 is 2.10 bits per heavy atom. The monoisotopic (exact) mass is 313 g/mol. The van der Waals surface area contributed by atoms with E-state index in [2.05, 4.69) is 14.9 Å². The molecular formula is C13H16FN3O3S. The van der Waals surface area contributed by atoms with Crippen molar-refractivity contribution in [2.24, 2.45) is 0 Å². The van der Waals surface area contributed by atoms with Gasteiger partial charge >= 0.3 is 0 Å². The van der Waals surface area contributed by atoms with Gasteiger partial charge < -0.3 is 4.52 Å². The molecule has 1 N–H and O–H groups in total. The topological polar surface area (TPSA) is 85.1 Å². The summed E-state index contributed by atoms with van der Waals surface area (Å²) in [5, 5.41) is 3.72. The number of hydrogen-bond donors (Lipinski definition) is 1. The fraction of sp³-hybridized carbons (Fsp3) is 0.385. The van der Waals surface area contributed by atoms with Crippen molar-refractivity contribution in [1.82, 2.24) is 14.9 Å². The van der Waals surface area contributed by atoms with Gasteiger partial charge in [0.1, 0.15) is 5.82 Å². The van der Waals surface area contributed by atoms with Gasteiger partial charge in [0, 0.05) is 6.92 Å². The molecule has 0 unspecified atom stereocenters. The van der Waals surface area contributed by atoms with Crippen molar-refractivity contribution < 1.29 is 17.3 Å². The van der Waals surface area contributed by atoms with Crippen LogP contribution in [0.5, 0.6) is 0 Å². The molecule has 0 radical (unpaired) electrons. The van der Waals surface area contributed by atoms with E-state index in [4.69, 9.17) is 4.52 Å². The summed E-state index contributed by atoms with van der Waals surface area (Å²) in [5.41, 5.74) is 0.265. The zero-order valence-corrected chi connectivity index (χ0v) is 12.7. The lowest BCUT2D eigenvalue weighted by Crippen LogP contribution is -2.29. The molecule has 0 aliphatic rings. The molecule has 1 atom stereocenters. The number of aromatic nitrogens is 2. The lowest BCUT2D eigenvalue weighted by molar-refractivity contribution is 0.380. The fourth-order valence-electron chi connectivity index (χ4n) is 1.81. The summed E-state index contributed by atoms with van der Waals surface area (Å²) in [4.78, 5) is 4.03. The van der Waals surface area contributed by atoms with Gasteiger partial charge in [-0.3, -0.25) is 0 Å². The Labute approximate surface area is 122 Å². The Hall–Kier alpha value is -1.80. The normalized spacial score (nSPS) is 13.3. The zero-order valence-electron chi connectivity index (χ0n) is 11.9. The smallest absolute Gasteiger partial charge is 0.241 e. The molecule has 0 aliphatic heterocycles. The first kappa shape index (κ1) is 15.6. The van der Waals surface area contributed by atoms with Crippen molar-refractivity contribution in [2.45, 2.75) is 38.1 Å². The Morgan fingerprint density at radius 3 is 2.62 bits per heavy atom. The number of aryl methyl sites for hydroxylation is 2. The van der Waals surface area contributed by atoms with Gasteiger partial charge in [-0.05, 0) is 37.1 Å². The average molecular weight is 313 g/mol. The molecule has 1 aromatic heterocycles. The lowest BCUT2D eigenvalue weighted by Gasteiger charge is -2.14. The summed E-state index contributed by atoms with van der Waals surface area (Å²) in [6.07, 6.45) is 0.457. The third-order valence-electron chi connectivity index (χ3n) is 3.00. The van der Waals surface area contributed by atoms with Crippen LogP contribution in [-0.2, 0) is 10.0 Å². The molecule has 2 aromatic rings. The second-order valence-corrected chi connectivity index (χ2v) is 6.38. The molecule has 0 saturated carbocycles. The number of halogens is 1. The van der Waals surface area contributed by atoms with Crippen LogP contribution in [0, 0.1) is 19.7 Å². The number of benzene rings is 1. The number of hydrogen-bond acceptors (Lipinski definition) is 5. The van der Waals surface area contributed by atoms with E-state index >= 15 is 0 Å². The Morgan fingerprint density at radius 1 is 1.38 bits per heavy atom. The van der Waals surface area contributed by atoms with Gasteiger partial charge in [0.25, 0.3) is 0 Å². The van der Waals surface area contributed by atoms with E-state index in [0.29, 0.717) is 12.3 Å². The molecule has 0 fully saturated rings. The number of sulfonamides is 1. The summed E-state index contributed by atoms with van der Waals surface area (Å²) in [6.45, 7) is 4.93. The van der Waals surface area contributed by atoms with Gasteiger partial charge in [-0.2, -0.15) is 4.98 Å². The maximum absolute atomic E-state index is 13.2. The second kappa shape index (κ2) is 5.90. The van der Waals surface area contributed by atoms with Crippen molar-refractivity contribution in [1.29, 1.82) is 0 Å². The van der Waals surface area contributed by atoms with Crippen LogP contribution in [0.3, 0.4) is 0 Å². The molecular weight excluding hydrogens is 297 g/mol. The Kier molecular flexibility index (Phi) is 4.38. The minimum absolute atomic E-state index is 0.0000619. The fourth-order valence-corrected chi connectivity index (χ4v) is 3.18. The largest absolute Gasteiger partial charge is 0.340 e. The molecule has 114 valence electrons. The first-order valence-corrected chi connectivity index (χ1v) is 7.90. The Bertz CT molecular complexity index is 743. The molecule has 8 heteroatoms.